The Hall–Kier alpha value is -0.900. The summed E-state index contributed by atoms with van der Waals surface area (Å²) in [5.74, 6) is 0. The van der Waals surface area contributed by atoms with Crippen LogP contribution in [0.2, 0.25) is 0 Å². The van der Waals surface area contributed by atoms with E-state index in [4.69, 9.17) is 9.84 Å². The van der Waals surface area contributed by atoms with Crippen molar-refractivity contribution in [3.8, 4) is 0 Å². The fourth-order valence-electron chi connectivity index (χ4n) is 1.52. The van der Waals surface area contributed by atoms with E-state index in [0.717, 1.165) is 17.5 Å². The molecule has 0 amide bonds. The second-order valence-electron chi connectivity index (χ2n) is 3.46. The highest BCUT2D eigenvalue weighted by Gasteiger charge is 2.06. The maximum Gasteiger partial charge on any atom is 0.0764 e. The molecule has 0 saturated carbocycles. The first-order valence-electron chi connectivity index (χ1n) is 5.20. The van der Waals surface area contributed by atoms with E-state index in [1.54, 1.807) is 6.92 Å². The minimum atomic E-state index is -0.445. The third-order valence-electron chi connectivity index (χ3n) is 2.26. The van der Waals surface area contributed by atoms with Gasteiger partial charge in [0.05, 0.1) is 25.9 Å². The lowest BCUT2D eigenvalue weighted by molar-refractivity contribution is 0.0940. The zero-order valence-electron chi connectivity index (χ0n) is 9.02. The fraction of sp³-hybridized carbons (Fsp3) is 0.500. The lowest BCUT2D eigenvalue weighted by Gasteiger charge is -2.11. The van der Waals surface area contributed by atoms with Crippen molar-refractivity contribution in [1.82, 2.24) is 0 Å². The topological polar surface area (TPSA) is 49.7 Å². The quantitative estimate of drug-likeness (QED) is 0.696. The summed E-state index contributed by atoms with van der Waals surface area (Å²) in [6.07, 6.45) is 0.320. The standard InChI is InChI=1S/C12H18O3/c1-10(14)12-5-3-2-4-11(12)6-8-15-9-7-13/h2-5,10,13-14H,6-9H2,1H3. The molecule has 0 fully saturated rings. The lowest BCUT2D eigenvalue weighted by atomic mass is 10.0. The SMILES string of the molecule is CC(O)c1ccccc1CCOCCO. The lowest BCUT2D eigenvalue weighted by Crippen LogP contribution is -2.06. The molecule has 1 rings (SSSR count). The molecule has 1 aromatic rings. The number of benzene rings is 1. The maximum absolute atomic E-state index is 9.53. The normalized spacial score (nSPS) is 12.7. The second-order valence-corrected chi connectivity index (χ2v) is 3.46. The van der Waals surface area contributed by atoms with Crippen LogP contribution in [0.5, 0.6) is 0 Å². The van der Waals surface area contributed by atoms with E-state index in [-0.39, 0.29) is 6.61 Å². The van der Waals surface area contributed by atoms with E-state index in [2.05, 4.69) is 0 Å². The van der Waals surface area contributed by atoms with Gasteiger partial charge in [-0.25, -0.2) is 0 Å². The van der Waals surface area contributed by atoms with Crippen LogP contribution in [0.4, 0.5) is 0 Å². The van der Waals surface area contributed by atoms with Crippen LogP contribution in [0.25, 0.3) is 0 Å². The van der Waals surface area contributed by atoms with E-state index >= 15 is 0 Å². The van der Waals surface area contributed by atoms with Crippen molar-refractivity contribution in [3.63, 3.8) is 0 Å². The van der Waals surface area contributed by atoms with E-state index in [0.29, 0.717) is 13.2 Å². The smallest absolute Gasteiger partial charge is 0.0764 e. The maximum atomic E-state index is 9.53. The van der Waals surface area contributed by atoms with Gasteiger partial charge in [-0.05, 0) is 24.5 Å². The molecular formula is C12H18O3. The molecule has 1 aromatic carbocycles. The molecule has 0 radical (unpaired) electrons. The highest BCUT2D eigenvalue weighted by Crippen LogP contribution is 2.17. The zero-order chi connectivity index (χ0) is 11.1. The second kappa shape index (κ2) is 6.56. The van der Waals surface area contributed by atoms with Crippen LogP contribution in [-0.4, -0.2) is 30.0 Å². The molecule has 0 aromatic heterocycles. The first-order chi connectivity index (χ1) is 7.25. The van der Waals surface area contributed by atoms with Gasteiger partial charge in [0.15, 0.2) is 0 Å². The van der Waals surface area contributed by atoms with E-state index in [1.807, 2.05) is 24.3 Å². The predicted octanol–water partition coefficient (Wildman–Crippen LogP) is 1.29. The summed E-state index contributed by atoms with van der Waals surface area (Å²) in [5, 5.41) is 18.1. The molecule has 0 heterocycles. The van der Waals surface area contributed by atoms with Gasteiger partial charge in [0.25, 0.3) is 0 Å². The first-order valence-corrected chi connectivity index (χ1v) is 5.20. The van der Waals surface area contributed by atoms with Gasteiger partial charge in [-0.3, -0.25) is 0 Å². The van der Waals surface area contributed by atoms with Crippen molar-refractivity contribution >= 4 is 0 Å². The van der Waals surface area contributed by atoms with Crippen molar-refractivity contribution in [2.75, 3.05) is 19.8 Å². The average molecular weight is 210 g/mol. The van der Waals surface area contributed by atoms with Crippen LogP contribution in [0.3, 0.4) is 0 Å². The largest absolute Gasteiger partial charge is 0.394 e. The molecule has 1 atom stereocenters. The molecule has 15 heavy (non-hydrogen) atoms. The molecule has 0 aliphatic carbocycles. The van der Waals surface area contributed by atoms with Crippen molar-refractivity contribution in [2.45, 2.75) is 19.4 Å². The molecule has 0 saturated heterocycles. The number of ether oxygens (including phenoxy) is 1. The Morgan fingerprint density at radius 2 is 2.00 bits per heavy atom. The zero-order valence-corrected chi connectivity index (χ0v) is 9.02. The Bertz CT molecular complexity index is 284. The van der Waals surface area contributed by atoms with Crippen LogP contribution >= 0.6 is 0 Å². The van der Waals surface area contributed by atoms with Gasteiger partial charge in [0, 0.05) is 0 Å². The number of aliphatic hydroxyl groups is 2. The van der Waals surface area contributed by atoms with Gasteiger partial charge in [0.2, 0.25) is 0 Å². The molecule has 1 unspecified atom stereocenters. The molecule has 3 heteroatoms. The number of hydrogen-bond acceptors (Lipinski definition) is 3. The summed E-state index contributed by atoms with van der Waals surface area (Å²) in [6, 6.07) is 7.78. The van der Waals surface area contributed by atoms with Crippen molar-refractivity contribution in [2.24, 2.45) is 0 Å². The van der Waals surface area contributed by atoms with Gasteiger partial charge < -0.3 is 14.9 Å². The molecule has 3 nitrogen and oxygen atoms in total. The van der Waals surface area contributed by atoms with Gasteiger partial charge in [0.1, 0.15) is 0 Å². The molecule has 84 valence electrons. The van der Waals surface area contributed by atoms with Crippen molar-refractivity contribution in [1.29, 1.82) is 0 Å². The number of aliphatic hydroxyl groups excluding tert-OH is 2. The highest BCUT2D eigenvalue weighted by atomic mass is 16.5. The minimum Gasteiger partial charge on any atom is -0.394 e. The van der Waals surface area contributed by atoms with Crippen LogP contribution in [-0.2, 0) is 11.2 Å². The Morgan fingerprint density at radius 1 is 1.27 bits per heavy atom. The van der Waals surface area contributed by atoms with Crippen molar-refractivity contribution < 1.29 is 14.9 Å². The Balaban J connectivity index is 2.52. The van der Waals surface area contributed by atoms with E-state index < -0.39 is 6.10 Å². The van der Waals surface area contributed by atoms with Crippen LogP contribution in [0, 0.1) is 0 Å². The summed E-state index contributed by atoms with van der Waals surface area (Å²) < 4.78 is 5.19. The van der Waals surface area contributed by atoms with Crippen LogP contribution in [0.1, 0.15) is 24.2 Å². The third kappa shape index (κ3) is 4.00. The Morgan fingerprint density at radius 3 is 2.67 bits per heavy atom. The van der Waals surface area contributed by atoms with E-state index in [1.165, 1.54) is 0 Å². The summed E-state index contributed by atoms with van der Waals surface area (Å²) >= 11 is 0. The van der Waals surface area contributed by atoms with Crippen LogP contribution in [0.15, 0.2) is 24.3 Å². The summed E-state index contributed by atoms with van der Waals surface area (Å²) in [7, 11) is 0. The molecule has 0 bridgehead atoms. The third-order valence-corrected chi connectivity index (χ3v) is 2.26. The molecule has 0 aliphatic heterocycles. The monoisotopic (exact) mass is 210 g/mol. The van der Waals surface area contributed by atoms with E-state index in [9.17, 15) is 5.11 Å². The predicted molar refractivity (Wildman–Crippen MR) is 58.7 cm³/mol. The van der Waals surface area contributed by atoms with Gasteiger partial charge in [-0.15, -0.1) is 0 Å². The fourth-order valence-corrected chi connectivity index (χ4v) is 1.52. The Kier molecular flexibility index (Phi) is 5.32. The van der Waals surface area contributed by atoms with Gasteiger partial charge >= 0.3 is 0 Å². The molecule has 0 aliphatic rings. The molecule has 2 N–H and O–H groups in total. The first kappa shape index (κ1) is 12.2. The molecular weight excluding hydrogens is 192 g/mol. The number of rotatable bonds is 6. The summed E-state index contributed by atoms with van der Waals surface area (Å²) in [6.45, 7) is 2.76. The molecule has 0 spiro atoms. The average Bonchev–Trinajstić information content (AvgIpc) is 2.25. The number of hydrogen-bond donors (Lipinski definition) is 2. The summed E-state index contributed by atoms with van der Waals surface area (Å²) in [5.41, 5.74) is 2.05. The summed E-state index contributed by atoms with van der Waals surface area (Å²) in [4.78, 5) is 0. The highest BCUT2D eigenvalue weighted by molar-refractivity contribution is 5.28. The van der Waals surface area contributed by atoms with Gasteiger partial charge in [-0.2, -0.15) is 0 Å². The minimum absolute atomic E-state index is 0.0536. The Labute approximate surface area is 90.3 Å². The van der Waals surface area contributed by atoms with Crippen LogP contribution < -0.4 is 0 Å². The van der Waals surface area contributed by atoms with Gasteiger partial charge in [-0.1, -0.05) is 24.3 Å². The van der Waals surface area contributed by atoms with Crippen molar-refractivity contribution in [3.05, 3.63) is 35.4 Å².